The fourth-order valence-electron chi connectivity index (χ4n) is 2.76. The molecule has 1 atom stereocenters. The van der Waals surface area contributed by atoms with Crippen LogP contribution in [0.4, 0.5) is 0 Å². The number of hydrogen-bond acceptors (Lipinski definition) is 2. The molecule has 3 rings (SSSR count). The van der Waals surface area contributed by atoms with Gasteiger partial charge in [0.15, 0.2) is 0 Å². The van der Waals surface area contributed by atoms with Crippen molar-refractivity contribution < 1.29 is 4.74 Å². The van der Waals surface area contributed by atoms with Gasteiger partial charge in [-0.15, -0.1) is 0 Å². The van der Waals surface area contributed by atoms with E-state index < -0.39 is 0 Å². The SMILES string of the molecule is c1ccc(COC(c2ccccc2)N2CCCC2)cc1. The zero-order valence-corrected chi connectivity index (χ0v) is 11.7. The monoisotopic (exact) mass is 267 g/mol. The van der Waals surface area contributed by atoms with Crippen LogP contribution >= 0.6 is 0 Å². The van der Waals surface area contributed by atoms with Gasteiger partial charge in [-0.2, -0.15) is 0 Å². The minimum absolute atomic E-state index is 0.0823. The number of nitrogens with zero attached hydrogens (tertiary/aromatic N) is 1. The molecule has 0 aliphatic carbocycles. The molecule has 104 valence electrons. The zero-order chi connectivity index (χ0) is 13.6. The van der Waals surface area contributed by atoms with Crippen molar-refractivity contribution in [1.82, 2.24) is 4.90 Å². The summed E-state index contributed by atoms with van der Waals surface area (Å²) in [5.74, 6) is 0. The van der Waals surface area contributed by atoms with E-state index in [1.54, 1.807) is 0 Å². The first-order chi connectivity index (χ1) is 9.93. The van der Waals surface area contributed by atoms with Crippen molar-refractivity contribution in [3.05, 3.63) is 71.8 Å². The van der Waals surface area contributed by atoms with Crippen LogP contribution in [0.2, 0.25) is 0 Å². The Morgan fingerprint density at radius 1 is 0.850 bits per heavy atom. The maximum absolute atomic E-state index is 6.22. The summed E-state index contributed by atoms with van der Waals surface area (Å²) in [7, 11) is 0. The summed E-state index contributed by atoms with van der Waals surface area (Å²) < 4.78 is 6.22. The van der Waals surface area contributed by atoms with Gasteiger partial charge in [0.2, 0.25) is 0 Å². The minimum atomic E-state index is 0.0823. The minimum Gasteiger partial charge on any atom is -0.354 e. The highest BCUT2D eigenvalue weighted by atomic mass is 16.5. The Hall–Kier alpha value is -1.64. The van der Waals surface area contributed by atoms with Crippen LogP contribution in [-0.4, -0.2) is 18.0 Å². The van der Waals surface area contributed by atoms with Crippen molar-refractivity contribution in [2.75, 3.05) is 13.1 Å². The molecule has 0 N–H and O–H groups in total. The number of hydrogen-bond donors (Lipinski definition) is 0. The molecule has 0 aromatic heterocycles. The highest BCUT2D eigenvalue weighted by molar-refractivity contribution is 5.18. The van der Waals surface area contributed by atoms with E-state index in [2.05, 4.69) is 59.5 Å². The third-order valence-electron chi connectivity index (χ3n) is 3.81. The van der Waals surface area contributed by atoms with Crippen LogP contribution in [-0.2, 0) is 11.3 Å². The maximum atomic E-state index is 6.22. The molecule has 1 aliphatic heterocycles. The van der Waals surface area contributed by atoms with Gasteiger partial charge in [-0.3, -0.25) is 4.90 Å². The van der Waals surface area contributed by atoms with E-state index in [0.717, 1.165) is 13.1 Å². The zero-order valence-electron chi connectivity index (χ0n) is 11.7. The summed E-state index contributed by atoms with van der Waals surface area (Å²) in [4.78, 5) is 2.44. The average molecular weight is 267 g/mol. The molecule has 1 unspecified atom stereocenters. The fourth-order valence-corrected chi connectivity index (χ4v) is 2.76. The Kier molecular flexibility index (Phi) is 4.46. The molecule has 1 fully saturated rings. The highest BCUT2D eigenvalue weighted by Crippen LogP contribution is 2.27. The van der Waals surface area contributed by atoms with Gasteiger partial charge in [0.25, 0.3) is 0 Å². The first-order valence-corrected chi connectivity index (χ1v) is 7.38. The molecule has 0 saturated carbocycles. The van der Waals surface area contributed by atoms with Crippen LogP contribution in [0.1, 0.15) is 30.2 Å². The molecule has 2 aromatic rings. The van der Waals surface area contributed by atoms with Gasteiger partial charge in [-0.1, -0.05) is 60.7 Å². The quantitative estimate of drug-likeness (QED) is 0.812. The van der Waals surface area contributed by atoms with Crippen LogP contribution in [0, 0.1) is 0 Å². The van der Waals surface area contributed by atoms with E-state index in [9.17, 15) is 0 Å². The number of benzene rings is 2. The van der Waals surface area contributed by atoms with E-state index in [1.807, 2.05) is 6.07 Å². The van der Waals surface area contributed by atoms with Gasteiger partial charge >= 0.3 is 0 Å². The lowest BCUT2D eigenvalue weighted by molar-refractivity contribution is -0.0616. The van der Waals surface area contributed by atoms with Crippen molar-refractivity contribution in [1.29, 1.82) is 0 Å². The normalized spacial score (nSPS) is 17.2. The van der Waals surface area contributed by atoms with Crippen molar-refractivity contribution in [3.8, 4) is 0 Å². The molecule has 2 aromatic carbocycles. The molecule has 0 spiro atoms. The second-order valence-electron chi connectivity index (χ2n) is 5.30. The summed E-state index contributed by atoms with van der Waals surface area (Å²) in [6.45, 7) is 2.93. The van der Waals surface area contributed by atoms with Crippen LogP contribution in [0.15, 0.2) is 60.7 Å². The van der Waals surface area contributed by atoms with Crippen LogP contribution in [0.3, 0.4) is 0 Å². The lowest BCUT2D eigenvalue weighted by Gasteiger charge is -2.28. The molecule has 1 heterocycles. The van der Waals surface area contributed by atoms with E-state index in [0.29, 0.717) is 6.61 Å². The molecular formula is C18H21NO. The van der Waals surface area contributed by atoms with E-state index in [4.69, 9.17) is 4.74 Å². The van der Waals surface area contributed by atoms with Crippen molar-refractivity contribution >= 4 is 0 Å². The Morgan fingerprint density at radius 3 is 2.10 bits per heavy atom. The third kappa shape index (κ3) is 3.27. The molecule has 2 heteroatoms. The topological polar surface area (TPSA) is 12.5 Å². The molecule has 0 amide bonds. The Labute approximate surface area is 121 Å². The van der Waals surface area contributed by atoms with E-state index in [1.165, 1.54) is 24.0 Å². The largest absolute Gasteiger partial charge is 0.354 e. The molecule has 2 nitrogen and oxygen atoms in total. The van der Waals surface area contributed by atoms with Crippen LogP contribution < -0.4 is 0 Å². The van der Waals surface area contributed by atoms with Crippen LogP contribution in [0.5, 0.6) is 0 Å². The number of rotatable bonds is 5. The number of likely N-dealkylation sites (tertiary alicyclic amines) is 1. The smallest absolute Gasteiger partial charge is 0.137 e. The molecular weight excluding hydrogens is 246 g/mol. The predicted molar refractivity (Wildman–Crippen MR) is 81.2 cm³/mol. The summed E-state index contributed by atoms with van der Waals surface area (Å²) in [5, 5.41) is 0. The first-order valence-electron chi connectivity index (χ1n) is 7.38. The standard InChI is InChI=1S/C18H21NO/c1-3-9-16(10-4-1)15-20-18(19-13-7-8-14-19)17-11-5-2-6-12-17/h1-6,9-12,18H,7-8,13-15H2. The van der Waals surface area contributed by atoms with Crippen molar-refractivity contribution in [2.45, 2.75) is 25.7 Å². The molecule has 0 bridgehead atoms. The summed E-state index contributed by atoms with van der Waals surface area (Å²) in [5.41, 5.74) is 2.48. The lowest BCUT2D eigenvalue weighted by atomic mass is 10.2. The van der Waals surface area contributed by atoms with Crippen molar-refractivity contribution in [2.24, 2.45) is 0 Å². The second kappa shape index (κ2) is 6.69. The van der Waals surface area contributed by atoms with E-state index >= 15 is 0 Å². The van der Waals surface area contributed by atoms with Gasteiger partial charge in [0.05, 0.1) is 6.61 Å². The molecule has 20 heavy (non-hydrogen) atoms. The number of ether oxygens (including phenoxy) is 1. The van der Waals surface area contributed by atoms with Crippen molar-refractivity contribution in [3.63, 3.8) is 0 Å². The van der Waals surface area contributed by atoms with Crippen LogP contribution in [0.25, 0.3) is 0 Å². The molecule has 0 radical (unpaired) electrons. The van der Waals surface area contributed by atoms with Gasteiger partial charge < -0.3 is 4.74 Å². The second-order valence-corrected chi connectivity index (χ2v) is 5.30. The molecule has 1 aliphatic rings. The van der Waals surface area contributed by atoms with Gasteiger partial charge in [-0.25, -0.2) is 0 Å². The highest BCUT2D eigenvalue weighted by Gasteiger charge is 2.23. The maximum Gasteiger partial charge on any atom is 0.137 e. The summed E-state index contributed by atoms with van der Waals surface area (Å²) >= 11 is 0. The summed E-state index contributed by atoms with van der Waals surface area (Å²) in [6, 6.07) is 21.0. The lowest BCUT2D eigenvalue weighted by Crippen LogP contribution is -2.27. The van der Waals surface area contributed by atoms with Gasteiger partial charge in [0, 0.05) is 13.1 Å². The summed E-state index contributed by atoms with van der Waals surface area (Å²) in [6.07, 6.45) is 2.63. The average Bonchev–Trinajstić information content (AvgIpc) is 3.04. The Balaban J connectivity index is 1.72. The predicted octanol–water partition coefficient (Wildman–Crippen LogP) is 4.00. The molecule has 1 saturated heterocycles. The Morgan fingerprint density at radius 2 is 1.45 bits per heavy atom. The third-order valence-corrected chi connectivity index (χ3v) is 3.81. The fraction of sp³-hybridized carbons (Fsp3) is 0.333. The van der Waals surface area contributed by atoms with Gasteiger partial charge in [0.1, 0.15) is 6.23 Å². The first kappa shape index (κ1) is 13.3. The van der Waals surface area contributed by atoms with E-state index in [-0.39, 0.29) is 6.23 Å². The Bertz CT molecular complexity index is 505. The van der Waals surface area contributed by atoms with Gasteiger partial charge in [-0.05, 0) is 24.0 Å².